The van der Waals surface area contributed by atoms with Crippen LogP contribution in [-0.2, 0) is 35.2 Å². The molecule has 2 aromatic heterocycles. The Morgan fingerprint density at radius 2 is 1.12 bits per heavy atom. The maximum absolute atomic E-state index is 11.7. The van der Waals surface area contributed by atoms with E-state index < -0.39 is 0 Å². The molecule has 2 amide bonds. The van der Waals surface area contributed by atoms with Gasteiger partial charge < -0.3 is 44.8 Å². The Balaban J connectivity index is 1.45. The normalized spacial score (nSPS) is 18.0. The number of hydrogen-bond donors (Lipinski definition) is 4. The molecule has 4 heterocycles. The number of benzene rings is 2. The summed E-state index contributed by atoms with van der Waals surface area (Å²) in [6.07, 6.45) is 4.70. The molecule has 264 valence electrons. The fraction of sp³-hybridized carbons (Fsp3) is 0.526. The molecule has 0 saturated carbocycles. The number of alkyl carbamates (subject to hydrolysis) is 2. The number of carbonyl (C=O) groups excluding carboxylic acids is 2. The van der Waals surface area contributed by atoms with Gasteiger partial charge in [0, 0.05) is 52.2 Å². The summed E-state index contributed by atoms with van der Waals surface area (Å²) in [6, 6.07) is 13.4. The first kappa shape index (κ1) is 34.8. The van der Waals surface area contributed by atoms with Crippen LogP contribution in [0.25, 0.3) is 21.8 Å². The second-order valence-electron chi connectivity index (χ2n) is 14.7. The van der Waals surface area contributed by atoms with E-state index in [9.17, 15) is 9.59 Å². The number of aromatic nitrogens is 2. The second-order valence-corrected chi connectivity index (χ2v) is 14.7. The zero-order chi connectivity index (χ0) is 34.7. The highest BCUT2D eigenvalue weighted by Gasteiger charge is 2.29. The van der Waals surface area contributed by atoms with Crippen LogP contribution in [-0.4, -0.2) is 124 Å². The van der Waals surface area contributed by atoms with Crippen LogP contribution in [0.15, 0.2) is 36.4 Å². The van der Waals surface area contributed by atoms with Gasteiger partial charge in [0.05, 0.1) is 12.1 Å². The van der Waals surface area contributed by atoms with Crippen molar-refractivity contribution in [1.82, 2.24) is 35.3 Å². The lowest BCUT2D eigenvalue weighted by molar-refractivity contribution is 0.176. The van der Waals surface area contributed by atoms with Gasteiger partial charge in [0.1, 0.15) is 13.2 Å². The fourth-order valence-corrected chi connectivity index (χ4v) is 7.38. The molecule has 4 N–H and O–H groups in total. The van der Waals surface area contributed by atoms with E-state index in [1.54, 1.807) is 0 Å². The van der Waals surface area contributed by atoms with E-state index >= 15 is 0 Å². The lowest BCUT2D eigenvalue weighted by atomic mass is 9.87. The number of hydrogen-bond acceptors (Lipinski definition) is 7. The number of rotatable bonds is 16. The van der Waals surface area contributed by atoms with E-state index in [4.69, 9.17) is 9.47 Å². The molecule has 2 saturated heterocycles. The van der Waals surface area contributed by atoms with Gasteiger partial charge >= 0.3 is 12.2 Å². The Morgan fingerprint density at radius 1 is 0.673 bits per heavy atom. The van der Waals surface area contributed by atoms with Crippen molar-refractivity contribution in [2.24, 2.45) is 0 Å². The molecule has 2 atom stereocenters. The summed E-state index contributed by atoms with van der Waals surface area (Å²) in [5.41, 5.74) is 9.97. The zero-order valence-corrected chi connectivity index (χ0v) is 29.9. The van der Waals surface area contributed by atoms with Crippen LogP contribution in [0, 0.1) is 0 Å². The van der Waals surface area contributed by atoms with E-state index in [0.29, 0.717) is 13.2 Å². The molecule has 4 aromatic rings. The Hall–Kier alpha value is -4.06. The molecule has 2 aliphatic rings. The maximum Gasteiger partial charge on any atom is 0.407 e. The molecule has 2 aromatic carbocycles. The van der Waals surface area contributed by atoms with Gasteiger partial charge in [0.15, 0.2) is 0 Å². The predicted molar refractivity (Wildman–Crippen MR) is 195 cm³/mol. The number of fused-ring (bicyclic) bond motifs is 2. The average Bonchev–Trinajstić information content (AvgIpc) is 3.82. The van der Waals surface area contributed by atoms with Crippen molar-refractivity contribution in [1.29, 1.82) is 0 Å². The average molecular weight is 672 g/mol. The predicted octanol–water partition coefficient (Wildman–Crippen LogP) is 4.63. The van der Waals surface area contributed by atoms with Crippen molar-refractivity contribution in [3.63, 3.8) is 0 Å². The number of nitrogens with zero attached hydrogens (tertiary/aromatic N) is 3. The molecule has 6 rings (SSSR count). The number of ether oxygens (including phenoxy) is 2. The van der Waals surface area contributed by atoms with Crippen molar-refractivity contribution in [3.05, 3.63) is 70.0 Å². The summed E-state index contributed by atoms with van der Waals surface area (Å²) in [6.45, 7) is 3.68. The van der Waals surface area contributed by atoms with E-state index in [0.717, 1.165) is 69.2 Å². The molecule has 0 radical (unpaired) electrons. The van der Waals surface area contributed by atoms with E-state index in [2.05, 4.69) is 114 Å². The van der Waals surface area contributed by atoms with Gasteiger partial charge in [0.2, 0.25) is 0 Å². The molecular weight excluding hydrogens is 618 g/mol. The quantitative estimate of drug-likeness (QED) is 0.137. The van der Waals surface area contributed by atoms with Gasteiger partial charge in [-0.15, -0.1) is 0 Å². The van der Waals surface area contributed by atoms with Gasteiger partial charge in [0.25, 0.3) is 0 Å². The maximum atomic E-state index is 11.7. The van der Waals surface area contributed by atoms with E-state index in [1.165, 1.54) is 44.4 Å². The Kier molecular flexibility index (Phi) is 10.8. The molecule has 0 aliphatic carbocycles. The van der Waals surface area contributed by atoms with E-state index in [-0.39, 0.29) is 30.2 Å². The van der Waals surface area contributed by atoms with Gasteiger partial charge in [-0.1, -0.05) is 12.1 Å². The molecular formula is C38H53N7O4. The largest absolute Gasteiger partial charge is 0.447 e. The number of cyclic esters (lactones) is 2. The lowest BCUT2D eigenvalue weighted by Crippen LogP contribution is -2.28. The minimum Gasteiger partial charge on any atom is -0.447 e. The van der Waals surface area contributed by atoms with Crippen molar-refractivity contribution in [2.75, 3.05) is 75.1 Å². The van der Waals surface area contributed by atoms with Crippen LogP contribution < -0.4 is 10.6 Å². The van der Waals surface area contributed by atoms with Crippen LogP contribution in [0.2, 0.25) is 0 Å². The highest BCUT2D eigenvalue weighted by atomic mass is 16.6. The Labute approximate surface area is 289 Å². The van der Waals surface area contributed by atoms with Crippen LogP contribution in [0.3, 0.4) is 0 Å². The summed E-state index contributed by atoms with van der Waals surface area (Å²) < 4.78 is 10.3. The third-order valence-corrected chi connectivity index (χ3v) is 9.86. The number of aromatic amines is 2. The fourth-order valence-electron chi connectivity index (χ4n) is 7.38. The van der Waals surface area contributed by atoms with Crippen LogP contribution in [0.5, 0.6) is 0 Å². The van der Waals surface area contributed by atoms with Gasteiger partial charge in [-0.25, -0.2) is 9.59 Å². The SMILES string of the molecule is CN(C)CCCC(c1[nH]c2ccc(C[C@H]3COC(=O)N3)cc2c1CCN(C)C)c1[nH]c2ccc(C[C@H]3COC(=O)N3)cc2c1CCN(C)C. The summed E-state index contributed by atoms with van der Waals surface area (Å²) >= 11 is 0. The minimum atomic E-state index is -0.336. The lowest BCUT2D eigenvalue weighted by Gasteiger charge is -2.22. The Bertz CT molecular complexity index is 1650. The monoisotopic (exact) mass is 671 g/mol. The number of amides is 2. The second kappa shape index (κ2) is 15.2. The molecule has 49 heavy (non-hydrogen) atoms. The Morgan fingerprint density at radius 3 is 1.51 bits per heavy atom. The molecule has 2 aliphatic heterocycles. The first-order valence-electron chi connectivity index (χ1n) is 17.6. The molecule has 0 unspecified atom stereocenters. The summed E-state index contributed by atoms with van der Waals surface area (Å²) in [5, 5.41) is 8.38. The zero-order valence-electron chi connectivity index (χ0n) is 29.9. The molecule has 11 nitrogen and oxygen atoms in total. The van der Waals surface area contributed by atoms with Crippen molar-refractivity contribution in [2.45, 2.75) is 56.5 Å². The highest BCUT2D eigenvalue weighted by molar-refractivity contribution is 5.88. The van der Waals surface area contributed by atoms with E-state index in [1.807, 2.05) is 0 Å². The number of likely N-dealkylation sites (N-methyl/N-ethyl adjacent to an activating group) is 2. The van der Waals surface area contributed by atoms with Crippen LogP contribution in [0.1, 0.15) is 52.4 Å². The van der Waals surface area contributed by atoms with Crippen LogP contribution in [0.4, 0.5) is 9.59 Å². The van der Waals surface area contributed by atoms with Crippen LogP contribution >= 0.6 is 0 Å². The number of H-pyrrole nitrogens is 2. The van der Waals surface area contributed by atoms with Crippen molar-refractivity contribution in [3.8, 4) is 0 Å². The molecule has 2 fully saturated rings. The summed E-state index contributed by atoms with van der Waals surface area (Å²) in [5.74, 6) is 0.144. The standard InChI is InChI=1S/C38H53N7O4/c1-43(2)15-7-8-30(35-28(13-16-44(3)4)31-20-24(9-11-33(31)41-35)18-26-22-48-37(46)39-26)36-29(14-17-45(5)6)32-21-25(10-12-34(32)42-36)19-27-23-49-38(47)40-27/h9-12,20-21,26-27,30,41-42H,7-8,13-19,22-23H2,1-6H3,(H,39,46)(H,40,47)/t26-,27-/m0/s1. The summed E-state index contributed by atoms with van der Waals surface area (Å²) in [7, 11) is 12.8. The first-order valence-corrected chi connectivity index (χ1v) is 17.6. The highest BCUT2D eigenvalue weighted by Crippen LogP contribution is 2.40. The van der Waals surface area contributed by atoms with Gasteiger partial charge in [-0.05, 0) is 134 Å². The first-order chi connectivity index (χ1) is 23.5. The topological polar surface area (TPSA) is 118 Å². The third-order valence-electron chi connectivity index (χ3n) is 9.86. The smallest absolute Gasteiger partial charge is 0.407 e. The third kappa shape index (κ3) is 8.40. The number of nitrogens with one attached hydrogen (secondary N) is 4. The van der Waals surface area contributed by atoms with Gasteiger partial charge in [-0.2, -0.15) is 0 Å². The summed E-state index contributed by atoms with van der Waals surface area (Å²) in [4.78, 5) is 38.1. The molecule has 0 bridgehead atoms. The molecule has 11 heteroatoms. The van der Waals surface area contributed by atoms with Crippen molar-refractivity contribution < 1.29 is 19.1 Å². The minimum absolute atomic E-state index is 0.0136. The molecule has 0 spiro atoms. The number of carbonyl (C=O) groups is 2. The van der Waals surface area contributed by atoms with Gasteiger partial charge in [-0.3, -0.25) is 0 Å². The van der Waals surface area contributed by atoms with Crippen molar-refractivity contribution >= 4 is 34.0 Å².